The van der Waals surface area contributed by atoms with Gasteiger partial charge in [0.1, 0.15) is 6.10 Å². The highest BCUT2D eigenvalue weighted by Crippen LogP contribution is 2.35. The minimum Gasteiger partial charge on any atom is -0.467 e. The minimum absolute atomic E-state index is 0.346. The van der Waals surface area contributed by atoms with Crippen LogP contribution in [0.25, 0.3) is 0 Å². The van der Waals surface area contributed by atoms with E-state index in [-0.39, 0.29) is 6.42 Å². The Bertz CT molecular complexity index is 516. The van der Waals surface area contributed by atoms with E-state index in [1.54, 1.807) is 0 Å². The molecule has 0 saturated carbocycles. The van der Waals surface area contributed by atoms with E-state index in [1.165, 1.54) is 0 Å². The highest BCUT2D eigenvalue weighted by molar-refractivity contribution is 5.81. The van der Waals surface area contributed by atoms with E-state index in [0.717, 1.165) is 35.2 Å². The van der Waals surface area contributed by atoms with E-state index < -0.39 is 48.0 Å². The summed E-state index contributed by atoms with van der Waals surface area (Å²) in [6.45, 7) is 2.23. The average Bonchev–Trinajstić information content (AvgIpc) is 2.53. The van der Waals surface area contributed by atoms with Crippen molar-refractivity contribution in [1.29, 1.82) is 0 Å². The predicted octanol–water partition coefficient (Wildman–Crippen LogP) is -0.673. The Hall–Kier alpha value is -2.20. The van der Waals surface area contributed by atoms with Crippen molar-refractivity contribution in [2.75, 3.05) is 21.3 Å². The zero-order valence-electron chi connectivity index (χ0n) is 14.0. The Morgan fingerprint density at radius 3 is 1.96 bits per heavy atom. The second-order valence-corrected chi connectivity index (χ2v) is 4.94. The molecule has 0 spiro atoms. The van der Waals surface area contributed by atoms with Gasteiger partial charge in [-0.2, -0.15) is 0 Å². The molecule has 0 aliphatic carbocycles. The third kappa shape index (κ3) is 4.20. The molecule has 0 aromatic heterocycles. The molecule has 0 amide bonds. The topological polar surface area (TPSA) is 124 Å². The molecule has 1 fully saturated rings. The number of rotatable bonds is 5. The summed E-state index contributed by atoms with van der Waals surface area (Å²) in [5.74, 6) is -5.36. The molecule has 0 radical (unpaired) electrons. The molecule has 0 N–H and O–H groups in total. The van der Waals surface area contributed by atoms with Gasteiger partial charge in [-0.25, -0.2) is 9.59 Å². The Morgan fingerprint density at radius 1 is 0.958 bits per heavy atom. The van der Waals surface area contributed by atoms with Gasteiger partial charge in [0.15, 0.2) is 12.2 Å². The van der Waals surface area contributed by atoms with Gasteiger partial charge in [0.2, 0.25) is 0 Å². The zero-order valence-corrected chi connectivity index (χ0v) is 14.0. The van der Waals surface area contributed by atoms with Gasteiger partial charge in [-0.15, -0.1) is 0 Å². The lowest BCUT2D eigenvalue weighted by Crippen LogP contribution is -2.63. The number of hydrogen-bond donors (Lipinski definition) is 0. The third-order valence-corrected chi connectivity index (χ3v) is 3.33. The molecular formula is C14H20O10. The van der Waals surface area contributed by atoms with Crippen molar-refractivity contribution in [3.05, 3.63) is 0 Å². The number of carbonyl (C=O) groups is 4. The molecule has 0 bridgehead atoms. The van der Waals surface area contributed by atoms with Gasteiger partial charge < -0.3 is 28.4 Å². The van der Waals surface area contributed by atoms with E-state index in [1.807, 2.05) is 0 Å². The number of ether oxygens (including phenoxy) is 6. The maximum atomic E-state index is 12.1. The van der Waals surface area contributed by atoms with Crippen molar-refractivity contribution < 1.29 is 47.6 Å². The molecule has 1 aliphatic rings. The molecule has 0 aromatic rings. The van der Waals surface area contributed by atoms with Gasteiger partial charge in [0.25, 0.3) is 5.79 Å². The lowest BCUT2D eigenvalue weighted by atomic mass is 9.94. The molecule has 10 nitrogen and oxygen atoms in total. The molecule has 1 rings (SSSR count). The van der Waals surface area contributed by atoms with Gasteiger partial charge in [-0.05, 0) is 0 Å². The van der Waals surface area contributed by atoms with Crippen LogP contribution in [0.4, 0.5) is 0 Å². The quantitative estimate of drug-likeness (QED) is 0.466. The van der Waals surface area contributed by atoms with Crippen LogP contribution in [-0.4, -0.2) is 69.3 Å². The fraction of sp³-hybridized carbons (Fsp3) is 0.714. The summed E-state index contributed by atoms with van der Waals surface area (Å²) < 4.78 is 29.9. The monoisotopic (exact) mass is 348 g/mol. The first kappa shape index (κ1) is 19.8. The van der Waals surface area contributed by atoms with Crippen LogP contribution in [0, 0.1) is 0 Å². The van der Waals surface area contributed by atoms with Gasteiger partial charge in [0, 0.05) is 21.0 Å². The Labute approximate surface area is 138 Å². The standard InChI is InChI=1S/C14H20O10/c1-7(15)22-9-6-14(21-5,13(18)20-4)24-11(12(17)19-3)10(9)23-8(2)16/h9-11H,6H2,1-5H3/t9-,10-,11+,14-/m1/s1. The van der Waals surface area contributed by atoms with E-state index in [4.69, 9.17) is 18.9 Å². The number of hydrogen-bond acceptors (Lipinski definition) is 10. The summed E-state index contributed by atoms with van der Waals surface area (Å²) in [6.07, 6.45) is -4.41. The number of methoxy groups -OCH3 is 3. The Morgan fingerprint density at radius 2 is 1.54 bits per heavy atom. The number of esters is 4. The third-order valence-electron chi connectivity index (χ3n) is 3.33. The molecule has 0 aromatic carbocycles. The van der Waals surface area contributed by atoms with Gasteiger partial charge in [-0.1, -0.05) is 0 Å². The molecule has 0 unspecified atom stereocenters. The van der Waals surface area contributed by atoms with Crippen molar-refractivity contribution in [1.82, 2.24) is 0 Å². The summed E-state index contributed by atoms with van der Waals surface area (Å²) in [5, 5.41) is 0. The molecule has 136 valence electrons. The summed E-state index contributed by atoms with van der Waals surface area (Å²) in [7, 11) is 3.33. The van der Waals surface area contributed by atoms with Gasteiger partial charge >= 0.3 is 23.9 Å². The normalized spacial score (nSPS) is 29.3. The molecule has 10 heteroatoms. The predicted molar refractivity (Wildman–Crippen MR) is 74.4 cm³/mol. The lowest BCUT2D eigenvalue weighted by Gasteiger charge is -2.43. The second-order valence-electron chi connectivity index (χ2n) is 4.94. The fourth-order valence-corrected chi connectivity index (χ4v) is 2.35. The molecule has 24 heavy (non-hydrogen) atoms. The van der Waals surface area contributed by atoms with Gasteiger partial charge in [0.05, 0.1) is 20.6 Å². The van der Waals surface area contributed by atoms with Crippen LogP contribution in [-0.2, 0) is 47.6 Å². The summed E-state index contributed by atoms with van der Waals surface area (Å²) in [4.78, 5) is 46.8. The molecule has 1 saturated heterocycles. The van der Waals surface area contributed by atoms with Crippen molar-refractivity contribution in [2.45, 2.75) is 44.4 Å². The zero-order chi connectivity index (χ0) is 18.5. The maximum Gasteiger partial charge on any atom is 0.366 e. The Kier molecular flexibility index (Phi) is 6.67. The first-order valence-electron chi connectivity index (χ1n) is 6.94. The first-order chi connectivity index (χ1) is 11.2. The number of carbonyl (C=O) groups excluding carboxylic acids is 4. The molecule has 4 atom stereocenters. The second kappa shape index (κ2) is 8.06. The van der Waals surface area contributed by atoms with E-state index in [9.17, 15) is 19.2 Å². The van der Waals surface area contributed by atoms with Crippen LogP contribution in [0.5, 0.6) is 0 Å². The molecular weight excluding hydrogens is 328 g/mol. The van der Waals surface area contributed by atoms with Crippen LogP contribution < -0.4 is 0 Å². The first-order valence-corrected chi connectivity index (χ1v) is 6.94. The molecule has 1 aliphatic heterocycles. The lowest BCUT2D eigenvalue weighted by molar-refractivity contribution is -0.304. The SMILES string of the molecule is COC(=O)[C@H]1O[C@@](OC)(C(=O)OC)C[C@@H](OC(C)=O)[C@H]1OC(C)=O. The minimum atomic E-state index is -2.02. The van der Waals surface area contributed by atoms with Crippen LogP contribution in [0.15, 0.2) is 0 Å². The van der Waals surface area contributed by atoms with Crippen LogP contribution in [0.2, 0.25) is 0 Å². The van der Waals surface area contributed by atoms with Crippen LogP contribution >= 0.6 is 0 Å². The van der Waals surface area contributed by atoms with E-state index in [2.05, 4.69) is 9.47 Å². The average molecular weight is 348 g/mol. The fourth-order valence-electron chi connectivity index (χ4n) is 2.35. The van der Waals surface area contributed by atoms with Crippen LogP contribution in [0.1, 0.15) is 20.3 Å². The summed E-state index contributed by atoms with van der Waals surface area (Å²) in [6, 6.07) is 0. The van der Waals surface area contributed by atoms with E-state index in [0.29, 0.717) is 0 Å². The highest BCUT2D eigenvalue weighted by Gasteiger charge is 2.58. The largest absolute Gasteiger partial charge is 0.467 e. The van der Waals surface area contributed by atoms with Crippen molar-refractivity contribution in [3.8, 4) is 0 Å². The van der Waals surface area contributed by atoms with Gasteiger partial charge in [-0.3, -0.25) is 9.59 Å². The maximum absolute atomic E-state index is 12.1. The Balaban J connectivity index is 3.31. The van der Waals surface area contributed by atoms with E-state index >= 15 is 0 Å². The van der Waals surface area contributed by atoms with Crippen molar-refractivity contribution >= 4 is 23.9 Å². The smallest absolute Gasteiger partial charge is 0.366 e. The van der Waals surface area contributed by atoms with Crippen molar-refractivity contribution in [2.24, 2.45) is 0 Å². The van der Waals surface area contributed by atoms with Crippen molar-refractivity contribution in [3.63, 3.8) is 0 Å². The summed E-state index contributed by atoms with van der Waals surface area (Å²) >= 11 is 0. The summed E-state index contributed by atoms with van der Waals surface area (Å²) in [5.41, 5.74) is 0. The van der Waals surface area contributed by atoms with Crippen LogP contribution in [0.3, 0.4) is 0 Å². The molecule has 1 heterocycles. The highest BCUT2D eigenvalue weighted by atomic mass is 16.7.